The largest absolute Gasteiger partial charge is 0.454 e. The van der Waals surface area contributed by atoms with Crippen molar-refractivity contribution in [2.45, 2.75) is 44.8 Å². The predicted molar refractivity (Wildman–Crippen MR) is 81.9 cm³/mol. The predicted octanol–water partition coefficient (Wildman–Crippen LogP) is 3.10. The van der Waals surface area contributed by atoms with E-state index in [9.17, 15) is 5.11 Å². The Morgan fingerprint density at radius 2 is 2.10 bits per heavy atom. The molecule has 2 N–H and O–H groups in total. The molecule has 0 bridgehead atoms. The lowest BCUT2D eigenvalue weighted by molar-refractivity contribution is -0.00630. The first-order chi connectivity index (χ1) is 10.1. The minimum Gasteiger partial charge on any atom is -0.454 e. The third kappa shape index (κ3) is 3.44. The molecule has 21 heavy (non-hydrogen) atoms. The number of fused-ring (bicyclic) bond motifs is 1. The maximum atomic E-state index is 10.5. The Balaban J connectivity index is 1.55. The molecular weight excluding hydrogens is 290 g/mol. The van der Waals surface area contributed by atoms with E-state index in [1.807, 2.05) is 12.1 Å². The lowest BCUT2D eigenvalue weighted by Gasteiger charge is -2.35. The zero-order valence-corrected chi connectivity index (χ0v) is 13.1. The van der Waals surface area contributed by atoms with Crippen molar-refractivity contribution in [3.63, 3.8) is 0 Å². The van der Waals surface area contributed by atoms with Crippen molar-refractivity contribution in [3.8, 4) is 11.5 Å². The van der Waals surface area contributed by atoms with Gasteiger partial charge in [-0.15, -0.1) is 0 Å². The van der Waals surface area contributed by atoms with Crippen LogP contribution in [0.3, 0.4) is 0 Å². The van der Waals surface area contributed by atoms with E-state index >= 15 is 0 Å². The number of hydrogen-bond acceptors (Lipinski definition) is 4. The number of aliphatic hydroxyl groups is 1. The molecule has 116 valence electrons. The first kappa shape index (κ1) is 14.9. The van der Waals surface area contributed by atoms with Gasteiger partial charge in [-0.25, -0.2) is 0 Å². The number of rotatable bonds is 4. The topological polar surface area (TPSA) is 50.7 Å². The van der Waals surface area contributed by atoms with Crippen LogP contribution in [0.25, 0.3) is 0 Å². The van der Waals surface area contributed by atoms with Crippen molar-refractivity contribution in [1.82, 2.24) is 5.32 Å². The Hall–Kier alpha value is -0.970. The van der Waals surface area contributed by atoms with E-state index in [2.05, 4.69) is 12.2 Å². The summed E-state index contributed by atoms with van der Waals surface area (Å²) in [7, 11) is 0. The third-order valence-electron chi connectivity index (χ3n) is 4.48. The van der Waals surface area contributed by atoms with E-state index in [-0.39, 0.29) is 6.79 Å². The molecule has 1 heterocycles. The van der Waals surface area contributed by atoms with Gasteiger partial charge < -0.3 is 19.9 Å². The molecular formula is C16H22ClNO3. The van der Waals surface area contributed by atoms with Crippen LogP contribution in [-0.2, 0) is 6.54 Å². The van der Waals surface area contributed by atoms with Crippen molar-refractivity contribution in [2.75, 3.05) is 13.3 Å². The highest BCUT2D eigenvalue weighted by Gasteiger charge is 2.31. The maximum Gasteiger partial charge on any atom is 0.231 e. The third-order valence-corrected chi connectivity index (χ3v) is 4.76. The van der Waals surface area contributed by atoms with Gasteiger partial charge in [-0.2, -0.15) is 0 Å². The van der Waals surface area contributed by atoms with Gasteiger partial charge in [0.25, 0.3) is 0 Å². The van der Waals surface area contributed by atoms with Gasteiger partial charge in [-0.1, -0.05) is 18.5 Å². The van der Waals surface area contributed by atoms with E-state index < -0.39 is 5.60 Å². The van der Waals surface area contributed by atoms with Crippen LogP contribution in [0, 0.1) is 5.92 Å². The molecule has 1 aromatic carbocycles. The average Bonchev–Trinajstić information content (AvgIpc) is 2.91. The number of nitrogens with one attached hydrogen (secondary N) is 1. The fourth-order valence-corrected chi connectivity index (χ4v) is 3.33. The van der Waals surface area contributed by atoms with Crippen molar-refractivity contribution in [1.29, 1.82) is 0 Å². The molecule has 1 fully saturated rings. The summed E-state index contributed by atoms with van der Waals surface area (Å²) < 4.78 is 10.7. The van der Waals surface area contributed by atoms with Crippen molar-refractivity contribution in [3.05, 3.63) is 22.7 Å². The maximum absolute atomic E-state index is 10.5. The Morgan fingerprint density at radius 3 is 2.86 bits per heavy atom. The second-order valence-electron chi connectivity index (χ2n) is 6.32. The fourth-order valence-electron chi connectivity index (χ4n) is 3.04. The van der Waals surface area contributed by atoms with Crippen LogP contribution in [-0.4, -0.2) is 24.0 Å². The zero-order chi connectivity index (χ0) is 14.9. The lowest BCUT2D eigenvalue weighted by atomic mass is 9.79. The summed E-state index contributed by atoms with van der Waals surface area (Å²) >= 11 is 6.16. The van der Waals surface area contributed by atoms with Crippen LogP contribution in [0.15, 0.2) is 12.1 Å². The molecule has 0 aromatic heterocycles. The Kier molecular flexibility index (Phi) is 4.29. The van der Waals surface area contributed by atoms with Crippen LogP contribution in [0.4, 0.5) is 0 Å². The minimum atomic E-state index is -0.563. The van der Waals surface area contributed by atoms with Gasteiger partial charge in [0.1, 0.15) is 0 Å². The summed E-state index contributed by atoms with van der Waals surface area (Å²) in [5, 5.41) is 14.5. The standard InChI is InChI=1S/C16H22ClNO3/c1-11-2-4-16(19,5-3-11)9-18-8-12-6-13(17)15-14(7-12)20-10-21-15/h6-7,11,18-19H,2-5,8-10H2,1H3. The van der Waals surface area contributed by atoms with Crippen LogP contribution in [0.5, 0.6) is 11.5 Å². The second kappa shape index (κ2) is 6.03. The summed E-state index contributed by atoms with van der Waals surface area (Å²) in [5.74, 6) is 2.06. The molecule has 1 saturated carbocycles. The van der Waals surface area contributed by atoms with Gasteiger partial charge in [0.2, 0.25) is 6.79 Å². The molecule has 0 amide bonds. The first-order valence-electron chi connectivity index (χ1n) is 7.57. The highest BCUT2D eigenvalue weighted by molar-refractivity contribution is 6.32. The van der Waals surface area contributed by atoms with Gasteiger partial charge >= 0.3 is 0 Å². The average molecular weight is 312 g/mol. The molecule has 0 radical (unpaired) electrons. The van der Waals surface area contributed by atoms with E-state index in [4.69, 9.17) is 21.1 Å². The molecule has 1 aliphatic carbocycles. The van der Waals surface area contributed by atoms with Crippen LogP contribution >= 0.6 is 11.6 Å². The number of hydrogen-bond donors (Lipinski definition) is 2. The van der Waals surface area contributed by atoms with Gasteiger partial charge in [-0.3, -0.25) is 0 Å². The molecule has 2 aliphatic rings. The molecule has 3 rings (SSSR count). The van der Waals surface area contributed by atoms with Gasteiger partial charge in [0, 0.05) is 13.1 Å². The van der Waals surface area contributed by atoms with Gasteiger partial charge in [-0.05, 0) is 49.3 Å². The molecule has 5 heteroatoms. The Bertz CT molecular complexity index is 512. The van der Waals surface area contributed by atoms with Crippen molar-refractivity contribution >= 4 is 11.6 Å². The van der Waals surface area contributed by atoms with Crippen molar-refractivity contribution < 1.29 is 14.6 Å². The molecule has 1 aromatic rings. The number of halogens is 1. The molecule has 0 atom stereocenters. The van der Waals surface area contributed by atoms with E-state index in [1.54, 1.807) is 0 Å². The van der Waals surface area contributed by atoms with Gasteiger partial charge in [0.05, 0.1) is 10.6 Å². The monoisotopic (exact) mass is 311 g/mol. The van der Waals surface area contributed by atoms with E-state index in [1.165, 1.54) is 0 Å². The Labute approximate surface area is 130 Å². The molecule has 1 aliphatic heterocycles. The fraction of sp³-hybridized carbons (Fsp3) is 0.625. The van der Waals surface area contributed by atoms with E-state index in [0.29, 0.717) is 29.6 Å². The normalized spacial score (nSPS) is 27.9. The first-order valence-corrected chi connectivity index (χ1v) is 7.95. The summed E-state index contributed by atoms with van der Waals surface area (Å²) in [6, 6.07) is 3.82. The van der Waals surface area contributed by atoms with Crippen LogP contribution in [0.1, 0.15) is 38.2 Å². The van der Waals surface area contributed by atoms with Crippen LogP contribution in [0.2, 0.25) is 5.02 Å². The molecule has 0 unspecified atom stereocenters. The second-order valence-corrected chi connectivity index (χ2v) is 6.73. The minimum absolute atomic E-state index is 0.226. The summed E-state index contributed by atoms with van der Waals surface area (Å²) in [6.45, 7) is 3.76. The summed E-state index contributed by atoms with van der Waals surface area (Å²) in [6.07, 6.45) is 3.97. The SMILES string of the molecule is CC1CCC(O)(CNCc2cc(Cl)c3c(c2)OCO3)CC1. The molecule has 4 nitrogen and oxygen atoms in total. The van der Waals surface area contributed by atoms with Crippen molar-refractivity contribution in [2.24, 2.45) is 5.92 Å². The molecule has 0 saturated heterocycles. The lowest BCUT2D eigenvalue weighted by Crippen LogP contribution is -2.43. The zero-order valence-electron chi connectivity index (χ0n) is 12.3. The smallest absolute Gasteiger partial charge is 0.231 e. The summed E-state index contributed by atoms with van der Waals surface area (Å²) in [5.41, 5.74) is 0.476. The highest BCUT2D eigenvalue weighted by atomic mass is 35.5. The van der Waals surface area contributed by atoms with Gasteiger partial charge in [0.15, 0.2) is 11.5 Å². The number of benzene rings is 1. The molecule has 0 spiro atoms. The number of ether oxygens (including phenoxy) is 2. The van der Waals surface area contributed by atoms with E-state index in [0.717, 1.165) is 37.2 Å². The quantitative estimate of drug-likeness (QED) is 0.897. The van der Waals surface area contributed by atoms with Crippen LogP contribution < -0.4 is 14.8 Å². The highest BCUT2D eigenvalue weighted by Crippen LogP contribution is 2.39. The summed E-state index contributed by atoms with van der Waals surface area (Å²) in [4.78, 5) is 0. The Morgan fingerprint density at radius 1 is 1.33 bits per heavy atom.